The number of benzene rings is 2. The number of rotatable bonds is 10. The molecule has 1 fully saturated rings. The third kappa shape index (κ3) is 8.10. The van der Waals surface area contributed by atoms with Gasteiger partial charge < -0.3 is 19.9 Å². The molecule has 0 unspecified atom stereocenters. The van der Waals surface area contributed by atoms with E-state index in [9.17, 15) is 26.8 Å². The molecule has 3 aromatic rings. The number of urea groups is 2. The van der Waals surface area contributed by atoms with Crippen molar-refractivity contribution >= 4 is 38.8 Å². The van der Waals surface area contributed by atoms with Crippen LogP contribution in [0.2, 0.25) is 0 Å². The van der Waals surface area contributed by atoms with E-state index in [1.54, 1.807) is 50.5 Å². The summed E-state index contributed by atoms with van der Waals surface area (Å²) >= 11 is 0. The van der Waals surface area contributed by atoms with E-state index in [1.165, 1.54) is 24.3 Å². The van der Waals surface area contributed by atoms with Crippen LogP contribution in [0.15, 0.2) is 47.4 Å². The molecule has 11 nitrogen and oxygen atoms in total. The van der Waals surface area contributed by atoms with Crippen molar-refractivity contribution in [3.63, 3.8) is 0 Å². The average Bonchev–Trinajstić information content (AvgIpc) is 3.30. The maximum atomic E-state index is 14.5. The topological polar surface area (TPSA) is 135 Å². The predicted molar refractivity (Wildman–Crippen MR) is 163 cm³/mol. The van der Waals surface area contributed by atoms with Gasteiger partial charge in [-0.25, -0.2) is 32.6 Å². The minimum atomic E-state index is -4.01. The highest BCUT2D eigenvalue weighted by Crippen LogP contribution is 2.32. The van der Waals surface area contributed by atoms with Gasteiger partial charge in [0.1, 0.15) is 0 Å². The Morgan fingerprint density at radius 1 is 1.02 bits per heavy atom. The fourth-order valence-corrected chi connectivity index (χ4v) is 6.00. The van der Waals surface area contributed by atoms with Crippen LogP contribution < -0.4 is 20.3 Å². The van der Waals surface area contributed by atoms with Crippen LogP contribution >= 0.6 is 0 Å². The van der Waals surface area contributed by atoms with Crippen LogP contribution in [0, 0.1) is 5.92 Å². The molecule has 4 amide bonds. The lowest BCUT2D eigenvalue weighted by Gasteiger charge is -2.24. The van der Waals surface area contributed by atoms with Crippen LogP contribution in [0.3, 0.4) is 0 Å². The zero-order valence-electron chi connectivity index (χ0n) is 25.6. The summed E-state index contributed by atoms with van der Waals surface area (Å²) in [7, 11) is -4.01. The second-order valence-corrected chi connectivity index (χ2v) is 13.4. The fourth-order valence-electron chi connectivity index (χ4n) is 4.98. The number of nitrogens with zero attached hydrogens (tertiary/aromatic N) is 3. The molecular formula is C30H40F2N6O5S. The number of fused-ring (bicyclic) bond motifs is 1. The first-order valence-electron chi connectivity index (χ1n) is 14.6. The Bertz CT molecular complexity index is 1560. The Hall–Kier alpha value is -3.62. The first-order valence-corrected chi connectivity index (χ1v) is 16.1. The molecule has 2 heterocycles. The normalized spacial score (nSPS) is 14.8. The van der Waals surface area contributed by atoms with E-state index in [0.717, 1.165) is 24.7 Å². The molecule has 0 aliphatic carbocycles. The second kappa shape index (κ2) is 13.6. The number of nitrogens with one attached hydrogen (secondary N) is 3. The van der Waals surface area contributed by atoms with Crippen molar-refractivity contribution in [3.8, 4) is 0 Å². The van der Waals surface area contributed by atoms with Gasteiger partial charge in [-0.05, 0) is 88.4 Å². The van der Waals surface area contributed by atoms with Crippen LogP contribution in [0.1, 0.15) is 58.8 Å². The molecule has 44 heavy (non-hydrogen) atoms. The number of anilines is 1. The van der Waals surface area contributed by atoms with Gasteiger partial charge >= 0.3 is 18.0 Å². The van der Waals surface area contributed by atoms with Gasteiger partial charge in [0, 0.05) is 45.3 Å². The number of carbonyl (C=O) groups excluding carboxylic acids is 2. The van der Waals surface area contributed by atoms with Crippen LogP contribution in [-0.2, 0) is 33.8 Å². The summed E-state index contributed by atoms with van der Waals surface area (Å²) in [5.41, 5.74) is 1.64. The van der Waals surface area contributed by atoms with Gasteiger partial charge in [-0.2, -0.15) is 8.78 Å². The SMILES string of the molecule is CC(C)NC(=O)N(C(=O)NC(C)C)c1ccc(S(=O)(=O)NCc2ccc3c(c2)nc(C(C)(F)F)n3CC2CCOCC2)cc1. The molecule has 1 aliphatic rings. The number of sulfonamides is 1. The molecule has 1 aromatic heterocycles. The standard InChI is InChI=1S/C30H40F2N6O5S/c1-19(2)34-28(39)38(29(40)35-20(3)4)23-7-9-24(10-8-23)44(41,42)33-17-22-6-11-26-25(16-22)36-27(30(5,31)32)37(26)18-21-12-14-43-15-13-21/h6-11,16,19-21,33H,12-15,17-18H2,1-5H3,(H,34,39)(H,35,40). The van der Waals surface area contributed by atoms with Crippen LogP contribution in [0.5, 0.6) is 0 Å². The Morgan fingerprint density at radius 3 is 2.16 bits per heavy atom. The smallest absolute Gasteiger partial charge is 0.330 e. The van der Waals surface area contributed by atoms with Gasteiger partial charge in [-0.3, -0.25) is 0 Å². The number of ether oxygens (including phenoxy) is 1. The number of imide groups is 1. The van der Waals surface area contributed by atoms with Crippen LogP contribution in [0.25, 0.3) is 11.0 Å². The zero-order chi connectivity index (χ0) is 32.2. The quantitative estimate of drug-likeness (QED) is 0.284. The summed E-state index contributed by atoms with van der Waals surface area (Å²) < 4.78 is 64.8. The lowest BCUT2D eigenvalue weighted by molar-refractivity contribution is 0.00222. The highest BCUT2D eigenvalue weighted by Gasteiger charge is 2.33. The van der Waals surface area contributed by atoms with Gasteiger partial charge in [0.2, 0.25) is 10.0 Å². The first-order chi connectivity index (χ1) is 20.7. The highest BCUT2D eigenvalue weighted by atomic mass is 32.2. The first kappa shape index (κ1) is 33.3. The summed E-state index contributed by atoms with van der Waals surface area (Å²) in [6, 6.07) is 8.56. The number of halogens is 2. The van der Waals surface area contributed by atoms with Crippen molar-refractivity contribution in [3.05, 3.63) is 53.9 Å². The largest absolute Gasteiger partial charge is 0.381 e. The predicted octanol–water partition coefficient (Wildman–Crippen LogP) is 5.10. The Balaban J connectivity index is 1.52. The second-order valence-electron chi connectivity index (χ2n) is 11.7. The molecular weight excluding hydrogens is 594 g/mol. The zero-order valence-corrected chi connectivity index (χ0v) is 26.4. The Kier molecular flexibility index (Phi) is 10.3. The van der Waals surface area contributed by atoms with Crippen LogP contribution in [-0.4, -0.2) is 55.3 Å². The molecule has 0 spiro atoms. The number of alkyl halides is 2. The van der Waals surface area contributed by atoms with Crippen LogP contribution in [0.4, 0.5) is 24.1 Å². The summed E-state index contributed by atoms with van der Waals surface area (Å²) in [4.78, 5) is 30.6. The lowest BCUT2D eigenvalue weighted by Crippen LogP contribution is -2.51. The van der Waals surface area contributed by atoms with E-state index in [4.69, 9.17) is 4.74 Å². The molecule has 0 saturated carbocycles. The van der Waals surface area contributed by atoms with Crippen molar-refractivity contribution < 1.29 is 31.5 Å². The van der Waals surface area contributed by atoms with Crippen molar-refractivity contribution in [1.82, 2.24) is 24.9 Å². The number of amides is 4. The Morgan fingerprint density at radius 2 is 1.61 bits per heavy atom. The molecule has 0 atom stereocenters. The van der Waals surface area contributed by atoms with E-state index >= 15 is 0 Å². The average molecular weight is 635 g/mol. The van der Waals surface area contributed by atoms with Gasteiger partial charge in [-0.15, -0.1) is 0 Å². The van der Waals surface area contributed by atoms with Gasteiger partial charge in [0.25, 0.3) is 0 Å². The highest BCUT2D eigenvalue weighted by molar-refractivity contribution is 7.89. The monoisotopic (exact) mass is 634 g/mol. The number of aromatic nitrogens is 2. The van der Waals surface area contributed by atoms with Crippen molar-refractivity contribution in [2.45, 2.75) is 83.5 Å². The number of imidazole rings is 1. The van der Waals surface area contributed by atoms with Crippen molar-refractivity contribution in [1.29, 1.82) is 0 Å². The summed E-state index contributed by atoms with van der Waals surface area (Å²) in [5, 5.41) is 5.33. The molecule has 0 bridgehead atoms. The molecule has 4 rings (SSSR count). The molecule has 0 radical (unpaired) electrons. The summed E-state index contributed by atoms with van der Waals surface area (Å²) in [5.74, 6) is -3.28. The molecule has 2 aromatic carbocycles. The number of carbonyl (C=O) groups is 2. The van der Waals surface area contributed by atoms with E-state index in [2.05, 4.69) is 20.3 Å². The summed E-state index contributed by atoms with van der Waals surface area (Å²) in [6.07, 6.45) is 1.56. The lowest BCUT2D eigenvalue weighted by atomic mass is 10.00. The molecule has 3 N–H and O–H groups in total. The third-order valence-corrected chi connectivity index (χ3v) is 8.51. The fraction of sp³-hybridized carbons (Fsp3) is 0.500. The minimum absolute atomic E-state index is 0.0792. The van der Waals surface area contributed by atoms with E-state index in [-0.39, 0.29) is 41.0 Å². The molecule has 1 saturated heterocycles. The maximum Gasteiger partial charge on any atom is 0.330 e. The third-order valence-electron chi connectivity index (χ3n) is 7.09. The van der Waals surface area contributed by atoms with E-state index in [1.807, 2.05) is 0 Å². The maximum absolute atomic E-state index is 14.5. The van der Waals surface area contributed by atoms with E-state index in [0.29, 0.717) is 36.4 Å². The van der Waals surface area contributed by atoms with Gasteiger partial charge in [-0.1, -0.05) is 6.07 Å². The van der Waals surface area contributed by atoms with Crippen molar-refractivity contribution in [2.24, 2.45) is 5.92 Å². The molecule has 1 aliphatic heterocycles. The summed E-state index contributed by atoms with van der Waals surface area (Å²) in [6.45, 7) is 9.34. The number of hydrogen-bond acceptors (Lipinski definition) is 6. The van der Waals surface area contributed by atoms with Gasteiger partial charge in [0.15, 0.2) is 5.82 Å². The van der Waals surface area contributed by atoms with Gasteiger partial charge in [0.05, 0.1) is 21.6 Å². The minimum Gasteiger partial charge on any atom is -0.381 e. The Labute approximate surface area is 256 Å². The number of hydrogen-bond donors (Lipinski definition) is 3. The van der Waals surface area contributed by atoms with E-state index < -0.39 is 28.0 Å². The molecule has 14 heteroatoms. The molecule has 240 valence electrons. The van der Waals surface area contributed by atoms with Crippen molar-refractivity contribution in [2.75, 3.05) is 18.1 Å².